The second-order valence-electron chi connectivity index (χ2n) is 7.20. The Labute approximate surface area is 163 Å². The highest BCUT2D eigenvalue weighted by Gasteiger charge is 2.21. The average molecular weight is 370 g/mol. The van der Waals surface area contributed by atoms with Gasteiger partial charge in [0.1, 0.15) is 0 Å². The Morgan fingerprint density at radius 3 is 2.54 bits per heavy atom. The van der Waals surface area contributed by atoms with Crippen molar-refractivity contribution < 1.29 is 0 Å². The van der Waals surface area contributed by atoms with Gasteiger partial charge in [-0.05, 0) is 68.1 Å². The molecule has 1 heterocycles. The van der Waals surface area contributed by atoms with Crippen molar-refractivity contribution in [3.05, 3.63) is 59.4 Å². The number of para-hydroxylation sites is 1. The third kappa shape index (κ3) is 5.28. The Hall–Kier alpha value is -1.94. The first kappa shape index (κ1) is 20.4. The Morgan fingerprint density at radius 2 is 1.92 bits per heavy atom. The third-order valence-electron chi connectivity index (χ3n) is 4.76. The highest BCUT2D eigenvalue weighted by atomic mass is 32.1. The third-order valence-corrected chi connectivity index (χ3v) is 5.10. The molecule has 0 bridgehead atoms. The summed E-state index contributed by atoms with van der Waals surface area (Å²) in [6, 6.07) is 12.6. The first-order valence-electron chi connectivity index (χ1n) is 9.51. The summed E-state index contributed by atoms with van der Waals surface area (Å²) in [5.74, 6) is 0.626. The number of hydrogen-bond donors (Lipinski definition) is 1. The number of hydrogen-bond acceptors (Lipinski definition) is 2. The molecule has 0 aliphatic rings. The van der Waals surface area contributed by atoms with E-state index in [0.29, 0.717) is 5.92 Å². The summed E-state index contributed by atoms with van der Waals surface area (Å²) in [4.78, 5) is 6.81. The van der Waals surface area contributed by atoms with Crippen LogP contribution in [0.1, 0.15) is 57.0 Å². The van der Waals surface area contributed by atoms with Gasteiger partial charge in [-0.2, -0.15) is 0 Å². The summed E-state index contributed by atoms with van der Waals surface area (Å²) in [7, 11) is 0. The standard InChI is InChI=1S/C22H31N3S/c1-6-19-11-9-10-17(4)21(19)24-22(26)25(15-13-16(2)3)18(5)20-12-7-8-14-23-20/h7-12,14,16,18H,6,13,15H2,1-5H3,(H,24,26). The molecule has 0 saturated carbocycles. The lowest BCUT2D eigenvalue weighted by Gasteiger charge is -2.33. The smallest absolute Gasteiger partial charge is 0.173 e. The number of nitrogens with one attached hydrogen (secondary N) is 1. The first-order chi connectivity index (χ1) is 12.4. The van der Waals surface area contributed by atoms with Crippen LogP contribution in [0.25, 0.3) is 0 Å². The summed E-state index contributed by atoms with van der Waals surface area (Å²) >= 11 is 5.84. The molecule has 26 heavy (non-hydrogen) atoms. The minimum absolute atomic E-state index is 0.129. The van der Waals surface area contributed by atoms with Gasteiger partial charge in [-0.1, -0.05) is 45.0 Å². The van der Waals surface area contributed by atoms with Crippen molar-refractivity contribution in [3.8, 4) is 0 Å². The second kappa shape index (κ2) is 9.67. The molecule has 140 valence electrons. The maximum Gasteiger partial charge on any atom is 0.173 e. The van der Waals surface area contributed by atoms with Gasteiger partial charge in [0.05, 0.1) is 11.7 Å². The van der Waals surface area contributed by atoms with Crippen LogP contribution in [0.3, 0.4) is 0 Å². The highest BCUT2D eigenvalue weighted by molar-refractivity contribution is 7.80. The van der Waals surface area contributed by atoms with E-state index in [4.69, 9.17) is 12.2 Å². The molecule has 0 aliphatic carbocycles. The number of pyridine rings is 1. The molecule has 1 aromatic heterocycles. The summed E-state index contributed by atoms with van der Waals surface area (Å²) in [6.07, 6.45) is 3.92. The number of aryl methyl sites for hydroxylation is 2. The van der Waals surface area contributed by atoms with Crippen LogP contribution < -0.4 is 5.32 Å². The predicted octanol–water partition coefficient (Wildman–Crippen LogP) is 5.76. The van der Waals surface area contributed by atoms with E-state index in [-0.39, 0.29) is 6.04 Å². The van der Waals surface area contributed by atoms with Crippen LogP contribution in [-0.4, -0.2) is 21.5 Å². The van der Waals surface area contributed by atoms with Crippen molar-refractivity contribution in [1.29, 1.82) is 0 Å². The Kier molecular flexibility index (Phi) is 7.58. The number of aromatic nitrogens is 1. The Balaban J connectivity index is 2.26. The molecule has 1 N–H and O–H groups in total. The van der Waals surface area contributed by atoms with Crippen molar-refractivity contribution >= 4 is 23.0 Å². The van der Waals surface area contributed by atoms with Gasteiger partial charge < -0.3 is 10.2 Å². The number of benzene rings is 1. The van der Waals surface area contributed by atoms with Gasteiger partial charge in [0.25, 0.3) is 0 Å². The van der Waals surface area contributed by atoms with Crippen LogP contribution in [0.5, 0.6) is 0 Å². The van der Waals surface area contributed by atoms with Crippen molar-refractivity contribution in [3.63, 3.8) is 0 Å². The zero-order chi connectivity index (χ0) is 19.1. The van der Waals surface area contributed by atoms with Crippen LogP contribution in [0, 0.1) is 12.8 Å². The molecule has 4 heteroatoms. The molecule has 2 aromatic rings. The van der Waals surface area contributed by atoms with E-state index in [9.17, 15) is 0 Å². The molecular weight excluding hydrogens is 338 g/mol. The molecule has 0 spiro atoms. The van der Waals surface area contributed by atoms with Crippen LogP contribution in [0.2, 0.25) is 0 Å². The summed E-state index contributed by atoms with van der Waals surface area (Å²) in [5, 5.41) is 4.30. The SMILES string of the molecule is CCc1cccc(C)c1NC(=S)N(CCC(C)C)C(C)c1ccccn1. The van der Waals surface area contributed by atoms with Crippen LogP contribution in [-0.2, 0) is 6.42 Å². The fourth-order valence-electron chi connectivity index (χ4n) is 3.03. The van der Waals surface area contributed by atoms with Gasteiger partial charge in [0.2, 0.25) is 0 Å². The molecule has 1 atom stereocenters. The summed E-state index contributed by atoms with van der Waals surface area (Å²) < 4.78 is 0. The van der Waals surface area contributed by atoms with Crippen molar-refractivity contribution in [2.75, 3.05) is 11.9 Å². The normalized spacial score (nSPS) is 12.1. The van der Waals surface area contributed by atoms with E-state index in [2.05, 4.69) is 74.1 Å². The molecule has 0 saturated heterocycles. The van der Waals surface area contributed by atoms with Gasteiger partial charge in [-0.15, -0.1) is 0 Å². The van der Waals surface area contributed by atoms with Gasteiger partial charge in [0.15, 0.2) is 5.11 Å². The van der Waals surface area contributed by atoms with Crippen LogP contribution in [0.15, 0.2) is 42.6 Å². The molecule has 3 nitrogen and oxygen atoms in total. The molecule has 0 radical (unpaired) electrons. The lowest BCUT2D eigenvalue weighted by Crippen LogP contribution is -2.38. The number of thiocarbonyl (C=S) groups is 1. The average Bonchev–Trinajstić information content (AvgIpc) is 2.63. The van der Waals surface area contributed by atoms with E-state index in [0.717, 1.165) is 35.9 Å². The molecule has 1 unspecified atom stereocenters. The number of rotatable bonds is 7. The number of nitrogens with zero attached hydrogens (tertiary/aromatic N) is 2. The zero-order valence-electron chi connectivity index (χ0n) is 16.6. The molecule has 0 aliphatic heterocycles. The van der Waals surface area contributed by atoms with Gasteiger partial charge in [-0.25, -0.2) is 0 Å². The number of anilines is 1. The molecule has 2 rings (SSSR count). The van der Waals surface area contributed by atoms with Gasteiger partial charge in [-0.3, -0.25) is 4.98 Å². The van der Waals surface area contributed by atoms with E-state index in [1.165, 1.54) is 11.1 Å². The zero-order valence-corrected chi connectivity index (χ0v) is 17.4. The summed E-state index contributed by atoms with van der Waals surface area (Å²) in [6.45, 7) is 11.9. The quantitative estimate of drug-likeness (QED) is 0.628. The molecule has 0 amide bonds. The maximum absolute atomic E-state index is 5.84. The monoisotopic (exact) mass is 369 g/mol. The second-order valence-corrected chi connectivity index (χ2v) is 7.59. The van der Waals surface area contributed by atoms with Gasteiger partial charge >= 0.3 is 0 Å². The fraction of sp³-hybridized carbons (Fsp3) is 0.455. The van der Waals surface area contributed by atoms with Crippen LogP contribution in [0.4, 0.5) is 5.69 Å². The molecule has 1 aromatic carbocycles. The first-order valence-corrected chi connectivity index (χ1v) is 9.91. The predicted molar refractivity (Wildman–Crippen MR) is 116 cm³/mol. The van der Waals surface area contributed by atoms with E-state index >= 15 is 0 Å². The topological polar surface area (TPSA) is 28.2 Å². The Bertz CT molecular complexity index is 713. The molecule has 0 fully saturated rings. The Morgan fingerprint density at radius 1 is 1.15 bits per heavy atom. The van der Waals surface area contributed by atoms with E-state index in [1.54, 1.807) is 0 Å². The minimum Gasteiger partial charge on any atom is -0.341 e. The minimum atomic E-state index is 0.129. The van der Waals surface area contributed by atoms with Crippen molar-refractivity contribution in [2.45, 2.75) is 53.5 Å². The fourth-order valence-corrected chi connectivity index (χ4v) is 3.38. The van der Waals surface area contributed by atoms with E-state index < -0.39 is 0 Å². The lowest BCUT2D eigenvalue weighted by molar-refractivity contribution is 0.313. The lowest BCUT2D eigenvalue weighted by atomic mass is 10.1. The maximum atomic E-state index is 5.84. The van der Waals surface area contributed by atoms with Crippen LogP contribution >= 0.6 is 12.2 Å². The largest absolute Gasteiger partial charge is 0.341 e. The molecular formula is C22H31N3S. The highest BCUT2D eigenvalue weighted by Crippen LogP contribution is 2.25. The summed E-state index contributed by atoms with van der Waals surface area (Å²) in [5.41, 5.74) is 4.70. The van der Waals surface area contributed by atoms with Crippen molar-refractivity contribution in [2.24, 2.45) is 5.92 Å². The van der Waals surface area contributed by atoms with E-state index in [1.807, 2.05) is 18.3 Å². The van der Waals surface area contributed by atoms with Gasteiger partial charge in [0, 0.05) is 18.4 Å². The van der Waals surface area contributed by atoms with Crippen molar-refractivity contribution in [1.82, 2.24) is 9.88 Å².